The molecule has 3 nitrogen and oxygen atoms in total. The molecular formula is C14H24N2OS. The van der Waals surface area contributed by atoms with Crippen molar-refractivity contribution >= 4 is 11.3 Å². The number of aryl methyl sites for hydroxylation is 2. The summed E-state index contributed by atoms with van der Waals surface area (Å²) < 4.78 is 0. The SMILES string of the molecule is Cc1nc(CC(C)(O)CC2CCCCN2)sc1C. The molecule has 0 amide bonds. The molecule has 1 aliphatic rings. The second-order valence-electron chi connectivity index (χ2n) is 5.77. The molecule has 18 heavy (non-hydrogen) atoms. The molecule has 0 bridgehead atoms. The summed E-state index contributed by atoms with van der Waals surface area (Å²) in [6.07, 6.45) is 5.23. The lowest BCUT2D eigenvalue weighted by molar-refractivity contribution is 0.0371. The van der Waals surface area contributed by atoms with Crippen LogP contribution in [0.5, 0.6) is 0 Å². The number of nitrogens with zero attached hydrogens (tertiary/aromatic N) is 1. The van der Waals surface area contributed by atoms with Gasteiger partial charge >= 0.3 is 0 Å². The van der Waals surface area contributed by atoms with Gasteiger partial charge in [0.15, 0.2) is 0 Å². The van der Waals surface area contributed by atoms with Crippen molar-refractivity contribution in [3.05, 3.63) is 15.6 Å². The summed E-state index contributed by atoms with van der Waals surface area (Å²) in [5.41, 5.74) is 0.452. The smallest absolute Gasteiger partial charge is 0.0959 e. The second kappa shape index (κ2) is 5.68. The topological polar surface area (TPSA) is 45.2 Å². The van der Waals surface area contributed by atoms with Crippen molar-refractivity contribution in [3.63, 3.8) is 0 Å². The van der Waals surface area contributed by atoms with Gasteiger partial charge in [0, 0.05) is 17.3 Å². The third-order valence-corrected chi connectivity index (χ3v) is 4.78. The lowest BCUT2D eigenvalue weighted by Gasteiger charge is -2.31. The van der Waals surface area contributed by atoms with Crippen molar-refractivity contribution < 1.29 is 5.11 Å². The van der Waals surface area contributed by atoms with E-state index in [9.17, 15) is 5.11 Å². The van der Waals surface area contributed by atoms with Crippen molar-refractivity contribution in [3.8, 4) is 0 Å². The fourth-order valence-corrected chi connectivity index (χ4v) is 3.75. The van der Waals surface area contributed by atoms with E-state index in [1.807, 2.05) is 13.8 Å². The minimum absolute atomic E-state index is 0.468. The van der Waals surface area contributed by atoms with Gasteiger partial charge in [-0.05, 0) is 46.6 Å². The summed E-state index contributed by atoms with van der Waals surface area (Å²) in [6, 6.07) is 0.468. The van der Waals surface area contributed by atoms with E-state index >= 15 is 0 Å². The van der Waals surface area contributed by atoms with Crippen LogP contribution >= 0.6 is 11.3 Å². The summed E-state index contributed by atoms with van der Waals surface area (Å²) >= 11 is 1.71. The average molecular weight is 268 g/mol. The largest absolute Gasteiger partial charge is 0.390 e. The Morgan fingerprint density at radius 2 is 2.22 bits per heavy atom. The van der Waals surface area contributed by atoms with Gasteiger partial charge in [0.1, 0.15) is 0 Å². The highest BCUT2D eigenvalue weighted by atomic mass is 32.1. The first-order valence-corrected chi connectivity index (χ1v) is 7.66. The molecular weight excluding hydrogens is 244 g/mol. The Hall–Kier alpha value is -0.450. The number of piperidine rings is 1. The zero-order valence-corrected chi connectivity index (χ0v) is 12.4. The number of thiazole rings is 1. The number of nitrogens with one attached hydrogen (secondary N) is 1. The van der Waals surface area contributed by atoms with E-state index in [0.29, 0.717) is 12.5 Å². The fourth-order valence-electron chi connectivity index (χ4n) is 2.64. The Morgan fingerprint density at radius 3 is 2.78 bits per heavy atom. The molecule has 1 aliphatic heterocycles. The summed E-state index contributed by atoms with van der Waals surface area (Å²) in [6.45, 7) is 7.16. The zero-order chi connectivity index (χ0) is 13.2. The minimum atomic E-state index is -0.647. The van der Waals surface area contributed by atoms with Gasteiger partial charge in [-0.25, -0.2) is 4.98 Å². The number of rotatable bonds is 4. The van der Waals surface area contributed by atoms with Crippen LogP contribution in [0.25, 0.3) is 0 Å². The van der Waals surface area contributed by atoms with Gasteiger partial charge in [-0.2, -0.15) is 0 Å². The molecule has 2 unspecified atom stereocenters. The van der Waals surface area contributed by atoms with Gasteiger partial charge in [-0.1, -0.05) is 6.42 Å². The average Bonchev–Trinajstić information content (AvgIpc) is 2.57. The molecule has 2 N–H and O–H groups in total. The van der Waals surface area contributed by atoms with Crippen LogP contribution in [0.3, 0.4) is 0 Å². The maximum Gasteiger partial charge on any atom is 0.0959 e. The van der Waals surface area contributed by atoms with Gasteiger partial charge in [-0.15, -0.1) is 11.3 Å². The molecule has 2 atom stereocenters. The van der Waals surface area contributed by atoms with E-state index in [2.05, 4.69) is 17.2 Å². The lowest BCUT2D eigenvalue weighted by Crippen LogP contribution is -2.41. The van der Waals surface area contributed by atoms with E-state index in [4.69, 9.17) is 0 Å². The molecule has 0 saturated carbocycles. The maximum absolute atomic E-state index is 10.5. The Bertz CT molecular complexity index is 375. The van der Waals surface area contributed by atoms with Crippen molar-refractivity contribution in [1.29, 1.82) is 0 Å². The summed E-state index contributed by atoms with van der Waals surface area (Å²) in [5.74, 6) is 0. The van der Waals surface area contributed by atoms with Crippen molar-refractivity contribution in [2.45, 2.75) is 64.5 Å². The standard InChI is InChI=1S/C14H24N2OS/c1-10-11(2)18-13(16-10)9-14(3,17)8-12-6-4-5-7-15-12/h12,15,17H,4-9H2,1-3H3. The quantitative estimate of drug-likeness (QED) is 0.882. The molecule has 102 valence electrons. The van der Waals surface area contributed by atoms with Crippen LogP contribution in [0.2, 0.25) is 0 Å². The first-order valence-electron chi connectivity index (χ1n) is 6.85. The van der Waals surface area contributed by atoms with Gasteiger partial charge in [0.05, 0.1) is 16.3 Å². The van der Waals surface area contributed by atoms with Gasteiger partial charge in [0.25, 0.3) is 0 Å². The fraction of sp³-hybridized carbons (Fsp3) is 0.786. The van der Waals surface area contributed by atoms with Crippen LogP contribution in [-0.4, -0.2) is 28.3 Å². The van der Waals surface area contributed by atoms with Crippen LogP contribution in [-0.2, 0) is 6.42 Å². The van der Waals surface area contributed by atoms with Crippen LogP contribution in [0, 0.1) is 13.8 Å². The zero-order valence-electron chi connectivity index (χ0n) is 11.6. The predicted molar refractivity (Wildman–Crippen MR) is 76.2 cm³/mol. The number of hydrogen-bond acceptors (Lipinski definition) is 4. The molecule has 2 rings (SSSR count). The highest BCUT2D eigenvalue weighted by molar-refractivity contribution is 7.11. The van der Waals surface area contributed by atoms with E-state index in [-0.39, 0.29) is 0 Å². The van der Waals surface area contributed by atoms with Crippen LogP contribution in [0.4, 0.5) is 0 Å². The normalized spacial score (nSPS) is 23.9. The highest BCUT2D eigenvalue weighted by Crippen LogP contribution is 2.25. The van der Waals surface area contributed by atoms with E-state index in [0.717, 1.165) is 23.7 Å². The van der Waals surface area contributed by atoms with Gasteiger partial charge < -0.3 is 10.4 Å². The van der Waals surface area contributed by atoms with E-state index < -0.39 is 5.60 Å². The third-order valence-electron chi connectivity index (χ3n) is 3.70. The van der Waals surface area contributed by atoms with Crippen LogP contribution in [0.1, 0.15) is 48.2 Å². The second-order valence-corrected chi connectivity index (χ2v) is 7.06. The molecule has 0 spiro atoms. The third kappa shape index (κ3) is 3.77. The lowest BCUT2D eigenvalue weighted by atomic mass is 9.89. The Kier molecular flexibility index (Phi) is 4.41. The van der Waals surface area contributed by atoms with Crippen LogP contribution < -0.4 is 5.32 Å². The molecule has 0 aromatic carbocycles. The first kappa shape index (κ1) is 14.0. The molecule has 1 fully saturated rings. The molecule has 2 heterocycles. The van der Waals surface area contributed by atoms with Crippen molar-refractivity contribution in [1.82, 2.24) is 10.3 Å². The van der Waals surface area contributed by atoms with Gasteiger partial charge in [-0.3, -0.25) is 0 Å². The molecule has 0 aliphatic carbocycles. The van der Waals surface area contributed by atoms with Crippen molar-refractivity contribution in [2.75, 3.05) is 6.54 Å². The number of hydrogen-bond donors (Lipinski definition) is 2. The summed E-state index contributed by atoms with van der Waals surface area (Å²) in [5, 5.41) is 15.1. The molecule has 0 radical (unpaired) electrons. The molecule has 1 aromatic rings. The molecule has 1 saturated heterocycles. The Morgan fingerprint density at radius 1 is 1.44 bits per heavy atom. The van der Waals surface area contributed by atoms with E-state index in [1.165, 1.54) is 24.1 Å². The predicted octanol–water partition coefficient (Wildman–Crippen LogP) is 2.59. The monoisotopic (exact) mass is 268 g/mol. The number of aromatic nitrogens is 1. The Balaban J connectivity index is 1.93. The summed E-state index contributed by atoms with van der Waals surface area (Å²) in [7, 11) is 0. The van der Waals surface area contributed by atoms with Crippen LogP contribution in [0.15, 0.2) is 0 Å². The molecule has 1 aromatic heterocycles. The van der Waals surface area contributed by atoms with E-state index in [1.54, 1.807) is 11.3 Å². The number of aliphatic hydroxyl groups is 1. The Labute approximate surface area is 114 Å². The minimum Gasteiger partial charge on any atom is -0.390 e. The highest BCUT2D eigenvalue weighted by Gasteiger charge is 2.28. The molecule has 4 heteroatoms. The summed E-state index contributed by atoms with van der Waals surface area (Å²) in [4.78, 5) is 5.79. The van der Waals surface area contributed by atoms with Gasteiger partial charge in [0.2, 0.25) is 0 Å². The maximum atomic E-state index is 10.5. The van der Waals surface area contributed by atoms with Crippen molar-refractivity contribution in [2.24, 2.45) is 0 Å². The first-order chi connectivity index (χ1) is 8.46.